The zero-order valence-corrected chi connectivity index (χ0v) is 9.17. The average molecular weight is 242 g/mol. The Labute approximate surface area is 91.9 Å². The van der Waals surface area contributed by atoms with Crippen molar-refractivity contribution >= 4 is 13.6 Å². The highest BCUT2D eigenvalue weighted by molar-refractivity contribution is 6.50. The van der Waals surface area contributed by atoms with Crippen LogP contribution in [0.5, 0.6) is 0 Å². The zero-order valence-electron chi connectivity index (χ0n) is 9.17. The Balaban J connectivity index is 0.000000385. The third-order valence-electron chi connectivity index (χ3n) is 1.69. The van der Waals surface area contributed by atoms with Crippen LogP contribution in [-0.4, -0.2) is 26.4 Å². The molecule has 0 aromatic heterocycles. The first-order valence-corrected chi connectivity index (χ1v) is 4.94. The fourth-order valence-corrected chi connectivity index (χ4v) is 1.14. The molecule has 1 heterocycles. The molecule has 0 radical (unpaired) electrons. The minimum absolute atomic E-state index is 0.238. The molecule has 8 heteroatoms. The largest absolute Gasteiger partial charge is 0.673 e. The number of ether oxygens (including phenoxy) is 1. The summed E-state index contributed by atoms with van der Waals surface area (Å²) in [6.45, 7) is 4.90. The lowest BCUT2D eigenvalue weighted by atomic mass is 10.3. The van der Waals surface area contributed by atoms with Crippen LogP contribution >= 0.6 is 0 Å². The van der Waals surface area contributed by atoms with E-state index in [4.69, 9.17) is 4.74 Å². The van der Waals surface area contributed by atoms with E-state index < -0.39 is 7.25 Å². The van der Waals surface area contributed by atoms with E-state index in [9.17, 15) is 17.3 Å². The summed E-state index contributed by atoms with van der Waals surface area (Å²) in [7, 11) is -6.00. The Morgan fingerprint density at radius 1 is 1.31 bits per heavy atom. The lowest BCUT2D eigenvalue weighted by Gasteiger charge is -2.17. The molecule has 1 aliphatic rings. The van der Waals surface area contributed by atoms with Gasteiger partial charge in [-0.25, -0.2) is 9.89 Å². The van der Waals surface area contributed by atoms with Crippen molar-refractivity contribution in [3.8, 4) is 0 Å². The van der Waals surface area contributed by atoms with E-state index in [1.54, 1.807) is 6.20 Å². The predicted octanol–water partition coefficient (Wildman–Crippen LogP) is 1.46. The minimum Gasteiger partial charge on any atom is -0.418 e. The molecule has 2 atom stereocenters. The normalized spacial score (nSPS) is 20.5. The number of hydrogen-bond acceptors (Lipinski definition) is 2. The molecule has 0 aromatic carbocycles. The van der Waals surface area contributed by atoms with Crippen molar-refractivity contribution in [3.05, 3.63) is 12.4 Å². The topological polar surface area (TPSA) is 26.0 Å². The van der Waals surface area contributed by atoms with Gasteiger partial charge in [-0.05, 0) is 6.92 Å². The molecule has 1 aliphatic heterocycles. The van der Waals surface area contributed by atoms with Gasteiger partial charge in [0.1, 0.15) is 6.20 Å². The first kappa shape index (κ1) is 15.1. The van der Waals surface area contributed by atoms with Crippen LogP contribution in [0.1, 0.15) is 20.3 Å². The van der Waals surface area contributed by atoms with Crippen molar-refractivity contribution in [2.24, 2.45) is 4.99 Å². The number of nitrogens with one attached hydrogen (secondary N) is 1. The Morgan fingerprint density at radius 3 is 2.19 bits per heavy atom. The fourth-order valence-electron chi connectivity index (χ4n) is 1.14. The SMILES string of the molecule is CCOC(CC)[NH+]1C=CN=C1.F[B-](F)(F)F. The summed E-state index contributed by atoms with van der Waals surface area (Å²) in [5, 5.41) is 0. The number of hydrogen-bond donors (Lipinski definition) is 1. The van der Waals surface area contributed by atoms with Gasteiger partial charge in [0.2, 0.25) is 6.23 Å². The van der Waals surface area contributed by atoms with Gasteiger partial charge in [-0.1, -0.05) is 6.92 Å². The van der Waals surface area contributed by atoms with E-state index in [2.05, 4.69) is 11.9 Å². The van der Waals surface area contributed by atoms with Crippen molar-refractivity contribution in [1.82, 2.24) is 0 Å². The van der Waals surface area contributed by atoms with E-state index in [0.29, 0.717) is 0 Å². The molecule has 16 heavy (non-hydrogen) atoms. The molecular formula is C8H15BF4N2O. The summed E-state index contributed by atoms with van der Waals surface area (Å²) in [5.74, 6) is 0. The van der Waals surface area contributed by atoms with Crippen LogP contribution in [0.3, 0.4) is 0 Å². The second kappa shape index (κ2) is 7.40. The van der Waals surface area contributed by atoms with Gasteiger partial charge in [-0.15, -0.1) is 0 Å². The molecule has 1 N–H and O–H groups in total. The predicted molar refractivity (Wildman–Crippen MR) is 54.5 cm³/mol. The quantitative estimate of drug-likeness (QED) is 0.586. The van der Waals surface area contributed by atoms with Crippen LogP contribution in [0.4, 0.5) is 17.3 Å². The first-order chi connectivity index (χ1) is 7.38. The van der Waals surface area contributed by atoms with Crippen LogP contribution in [0.2, 0.25) is 0 Å². The molecule has 0 saturated heterocycles. The van der Waals surface area contributed by atoms with Crippen molar-refractivity contribution < 1.29 is 26.9 Å². The molecule has 0 spiro atoms. The summed E-state index contributed by atoms with van der Waals surface area (Å²) in [5.41, 5.74) is 0. The lowest BCUT2D eigenvalue weighted by molar-refractivity contribution is -0.801. The van der Waals surface area contributed by atoms with Crippen LogP contribution < -0.4 is 4.90 Å². The Bertz CT molecular complexity index is 227. The Morgan fingerprint density at radius 2 is 1.88 bits per heavy atom. The third kappa shape index (κ3) is 8.43. The number of rotatable bonds is 4. The van der Waals surface area contributed by atoms with Crippen molar-refractivity contribution in [1.29, 1.82) is 0 Å². The van der Waals surface area contributed by atoms with Crippen molar-refractivity contribution in [3.63, 3.8) is 0 Å². The number of nitrogens with zero attached hydrogens (tertiary/aromatic N) is 1. The maximum Gasteiger partial charge on any atom is 0.673 e. The molecule has 0 saturated carbocycles. The third-order valence-corrected chi connectivity index (χ3v) is 1.69. The van der Waals surface area contributed by atoms with E-state index in [0.717, 1.165) is 13.0 Å². The van der Waals surface area contributed by atoms with Gasteiger partial charge in [-0.3, -0.25) is 0 Å². The molecular weight excluding hydrogens is 227 g/mol. The van der Waals surface area contributed by atoms with Gasteiger partial charge < -0.3 is 22.0 Å². The van der Waals surface area contributed by atoms with Gasteiger partial charge in [0.25, 0.3) is 0 Å². The summed E-state index contributed by atoms with van der Waals surface area (Å²) < 4.78 is 44.5. The van der Waals surface area contributed by atoms with Gasteiger partial charge >= 0.3 is 7.25 Å². The minimum atomic E-state index is -6.00. The molecule has 0 bridgehead atoms. The maximum absolute atomic E-state index is 9.75. The van der Waals surface area contributed by atoms with Crippen molar-refractivity contribution in [2.45, 2.75) is 26.5 Å². The summed E-state index contributed by atoms with van der Waals surface area (Å²) in [6, 6.07) is 0. The Kier molecular flexibility index (Phi) is 6.99. The lowest BCUT2D eigenvalue weighted by Crippen LogP contribution is -3.10. The number of aliphatic imine (C=N–C) groups is 1. The standard InChI is InChI=1S/C8H14N2O.BF4/c1-3-8(11-4-2)10-6-5-9-7-10;2-1(3,4)5/h5-8H,3-4H2,1-2H3;/q;-1/p+1. The molecule has 0 fully saturated rings. The van der Waals surface area contributed by atoms with Crippen LogP contribution in [0.15, 0.2) is 17.4 Å². The molecule has 3 nitrogen and oxygen atoms in total. The van der Waals surface area contributed by atoms with E-state index in [-0.39, 0.29) is 6.23 Å². The smallest absolute Gasteiger partial charge is 0.418 e. The van der Waals surface area contributed by atoms with E-state index in [1.807, 2.05) is 19.5 Å². The molecule has 0 amide bonds. The average Bonchev–Trinajstić information content (AvgIpc) is 2.64. The highest BCUT2D eigenvalue weighted by Crippen LogP contribution is 2.06. The van der Waals surface area contributed by atoms with Gasteiger partial charge in [0.15, 0.2) is 6.34 Å². The highest BCUT2D eigenvalue weighted by atomic mass is 19.5. The van der Waals surface area contributed by atoms with Gasteiger partial charge in [0.05, 0.1) is 12.8 Å². The van der Waals surface area contributed by atoms with Gasteiger partial charge in [-0.2, -0.15) is 0 Å². The fraction of sp³-hybridized carbons (Fsp3) is 0.625. The highest BCUT2D eigenvalue weighted by Gasteiger charge is 2.20. The maximum atomic E-state index is 9.75. The second-order valence-electron chi connectivity index (χ2n) is 2.94. The molecule has 2 unspecified atom stereocenters. The second-order valence-corrected chi connectivity index (χ2v) is 2.94. The molecule has 1 rings (SSSR count). The number of quaternary nitrogens is 1. The summed E-state index contributed by atoms with van der Waals surface area (Å²) in [6.07, 6.45) is 6.92. The summed E-state index contributed by atoms with van der Waals surface area (Å²) >= 11 is 0. The molecule has 0 aromatic rings. The molecule has 0 aliphatic carbocycles. The Hall–Kier alpha value is -0.885. The van der Waals surface area contributed by atoms with Crippen LogP contribution in [0.25, 0.3) is 0 Å². The van der Waals surface area contributed by atoms with E-state index in [1.165, 1.54) is 4.90 Å². The first-order valence-electron chi connectivity index (χ1n) is 4.94. The monoisotopic (exact) mass is 242 g/mol. The van der Waals surface area contributed by atoms with Gasteiger partial charge in [0, 0.05) is 6.42 Å². The van der Waals surface area contributed by atoms with E-state index >= 15 is 0 Å². The number of halogens is 4. The molecule has 94 valence electrons. The van der Waals surface area contributed by atoms with Crippen molar-refractivity contribution in [2.75, 3.05) is 6.61 Å². The zero-order chi connectivity index (χ0) is 12.6. The van der Waals surface area contributed by atoms with Crippen LogP contribution in [0, 0.1) is 0 Å². The summed E-state index contributed by atoms with van der Waals surface area (Å²) in [4.78, 5) is 5.18. The van der Waals surface area contributed by atoms with Crippen LogP contribution in [-0.2, 0) is 4.74 Å².